The summed E-state index contributed by atoms with van der Waals surface area (Å²) in [6.07, 6.45) is 6.42. The first-order valence-corrected chi connectivity index (χ1v) is 11.7. The van der Waals surface area contributed by atoms with Gasteiger partial charge in [-0.2, -0.15) is 0 Å². The highest BCUT2D eigenvalue weighted by atomic mass is 32.2. The van der Waals surface area contributed by atoms with Crippen LogP contribution in [-0.2, 0) is 25.2 Å². The minimum atomic E-state index is -0.968. The van der Waals surface area contributed by atoms with Crippen molar-refractivity contribution < 1.29 is 19.4 Å². The summed E-state index contributed by atoms with van der Waals surface area (Å²) in [5.41, 5.74) is 0. The summed E-state index contributed by atoms with van der Waals surface area (Å²) < 4.78 is 5.05. The lowest BCUT2D eigenvalue weighted by molar-refractivity contribution is -0.147. The summed E-state index contributed by atoms with van der Waals surface area (Å²) in [5.74, 6) is -0.208. The SMILES string of the molecule is O=C(O)CCC(=O)OCCCCCCCC[S+](c1ccccc1)c1ccccc1. The molecular formula is C24H31O4S+. The number of carbonyl (C=O) groups excluding carboxylic acids is 1. The average molecular weight is 416 g/mol. The molecule has 0 atom stereocenters. The molecule has 0 unspecified atom stereocenters. The zero-order chi connectivity index (χ0) is 20.7. The maximum Gasteiger partial charge on any atom is 0.306 e. The average Bonchev–Trinajstić information content (AvgIpc) is 2.75. The third-order valence-corrected chi connectivity index (χ3v) is 6.98. The van der Waals surface area contributed by atoms with Crippen LogP contribution in [0.4, 0.5) is 0 Å². The van der Waals surface area contributed by atoms with Crippen molar-refractivity contribution >= 4 is 22.8 Å². The summed E-state index contributed by atoms with van der Waals surface area (Å²) >= 11 is 0. The Balaban J connectivity index is 1.60. The van der Waals surface area contributed by atoms with Gasteiger partial charge in [-0.1, -0.05) is 55.7 Å². The molecule has 156 valence electrons. The topological polar surface area (TPSA) is 63.6 Å². The van der Waals surface area contributed by atoms with Gasteiger partial charge in [0.15, 0.2) is 9.79 Å². The van der Waals surface area contributed by atoms with Gasteiger partial charge in [0.2, 0.25) is 0 Å². The zero-order valence-electron chi connectivity index (χ0n) is 16.9. The van der Waals surface area contributed by atoms with Gasteiger partial charge >= 0.3 is 11.9 Å². The number of ether oxygens (including phenoxy) is 1. The van der Waals surface area contributed by atoms with Crippen LogP contribution in [0.25, 0.3) is 0 Å². The van der Waals surface area contributed by atoms with Gasteiger partial charge in [-0.3, -0.25) is 9.59 Å². The van der Waals surface area contributed by atoms with E-state index in [1.807, 2.05) is 0 Å². The molecule has 0 fully saturated rings. The Bertz CT molecular complexity index is 679. The summed E-state index contributed by atoms with van der Waals surface area (Å²) in [4.78, 5) is 24.5. The van der Waals surface area contributed by atoms with Gasteiger partial charge in [-0.05, 0) is 43.5 Å². The van der Waals surface area contributed by atoms with E-state index in [0.29, 0.717) is 6.61 Å². The van der Waals surface area contributed by atoms with Gasteiger partial charge in [0.05, 0.1) is 30.3 Å². The predicted molar refractivity (Wildman–Crippen MR) is 117 cm³/mol. The second-order valence-corrected chi connectivity index (χ2v) is 9.09. The normalized spacial score (nSPS) is 10.8. The molecule has 0 aliphatic carbocycles. The lowest BCUT2D eigenvalue weighted by atomic mass is 10.1. The molecule has 0 amide bonds. The van der Waals surface area contributed by atoms with Crippen molar-refractivity contribution in [2.45, 2.75) is 61.2 Å². The Morgan fingerprint density at radius 3 is 1.79 bits per heavy atom. The van der Waals surface area contributed by atoms with Crippen LogP contribution < -0.4 is 0 Å². The number of carbonyl (C=O) groups is 2. The molecule has 5 heteroatoms. The maximum absolute atomic E-state index is 11.3. The van der Waals surface area contributed by atoms with Crippen LogP contribution in [0.5, 0.6) is 0 Å². The summed E-state index contributed by atoms with van der Waals surface area (Å²) in [7, 11) is 0.128. The van der Waals surface area contributed by atoms with Crippen molar-refractivity contribution in [2.75, 3.05) is 12.4 Å². The lowest BCUT2D eigenvalue weighted by Gasteiger charge is -2.08. The number of esters is 1. The van der Waals surface area contributed by atoms with E-state index in [1.165, 1.54) is 34.8 Å². The molecule has 0 aromatic heterocycles. The molecule has 0 saturated carbocycles. The molecule has 0 spiro atoms. The summed E-state index contributed by atoms with van der Waals surface area (Å²) in [5, 5.41) is 8.53. The number of rotatable bonds is 14. The van der Waals surface area contributed by atoms with Crippen LogP contribution in [0, 0.1) is 0 Å². The van der Waals surface area contributed by atoms with Crippen molar-refractivity contribution in [3.8, 4) is 0 Å². The number of aliphatic carboxylic acids is 1. The van der Waals surface area contributed by atoms with Crippen LogP contribution in [0.15, 0.2) is 70.5 Å². The smallest absolute Gasteiger partial charge is 0.306 e. The minimum absolute atomic E-state index is 0.0416. The van der Waals surface area contributed by atoms with Crippen molar-refractivity contribution in [3.63, 3.8) is 0 Å². The van der Waals surface area contributed by atoms with E-state index >= 15 is 0 Å². The minimum Gasteiger partial charge on any atom is -0.481 e. The van der Waals surface area contributed by atoms with E-state index < -0.39 is 11.9 Å². The molecular weight excluding hydrogens is 384 g/mol. The van der Waals surface area contributed by atoms with Crippen LogP contribution in [0.3, 0.4) is 0 Å². The number of benzene rings is 2. The standard InChI is InChI=1S/C24H30O4S/c25-23(26)17-18-24(27)28-19-11-3-1-2-4-12-20-29(21-13-7-5-8-14-21)22-15-9-6-10-16-22/h5-10,13-16H,1-4,11-12,17-20H2/p+1. The van der Waals surface area contributed by atoms with Gasteiger partial charge in [0.25, 0.3) is 0 Å². The highest BCUT2D eigenvalue weighted by Gasteiger charge is 2.23. The number of hydrogen-bond donors (Lipinski definition) is 1. The van der Waals surface area contributed by atoms with Crippen LogP contribution in [-0.4, -0.2) is 29.4 Å². The Hall–Kier alpha value is -2.27. The monoisotopic (exact) mass is 415 g/mol. The number of carboxylic acid groups (broad SMARTS) is 1. The van der Waals surface area contributed by atoms with Crippen LogP contribution in [0.1, 0.15) is 51.4 Å². The Labute approximate surface area is 176 Å². The van der Waals surface area contributed by atoms with E-state index in [2.05, 4.69) is 60.7 Å². The Morgan fingerprint density at radius 1 is 0.724 bits per heavy atom. The number of hydrogen-bond acceptors (Lipinski definition) is 3. The molecule has 2 aromatic rings. The highest BCUT2D eigenvalue weighted by molar-refractivity contribution is 7.97. The number of unbranched alkanes of at least 4 members (excludes halogenated alkanes) is 5. The van der Waals surface area contributed by atoms with E-state index in [9.17, 15) is 9.59 Å². The van der Waals surface area contributed by atoms with Crippen LogP contribution in [0.2, 0.25) is 0 Å². The molecule has 0 bridgehead atoms. The molecule has 0 aliphatic heterocycles. The summed E-state index contributed by atoms with van der Waals surface area (Å²) in [6, 6.07) is 21.5. The van der Waals surface area contributed by atoms with Crippen molar-refractivity contribution in [3.05, 3.63) is 60.7 Å². The molecule has 0 heterocycles. The zero-order valence-corrected chi connectivity index (χ0v) is 17.7. The molecule has 29 heavy (non-hydrogen) atoms. The summed E-state index contributed by atoms with van der Waals surface area (Å²) in [6.45, 7) is 0.393. The molecule has 0 radical (unpaired) electrons. The quantitative estimate of drug-likeness (QED) is 0.252. The molecule has 2 rings (SSSR count). The molecule has 2 aromatic carbocycles. The van der Waals surface area contributed by atoms with Gasteiger partial charge in [0, 0.05) is 0 Å². The lowest BCUT2D eigenvalue weighted by Crippen LogP contribution is -2.09. The van der Waals surface area contributed by atoms with E-state index in [4.69, 9.17) is 9.84 Å². The molecule has 0 aliphatic rings. The maximum atomic E-state index is 11.3. The van der Waals surface area contributed by atoms with Crippen LogP contribution >= 0.6 is 0 Å². The Kier molecular flexibility index (Phi) is 11.0. The largest absolute Gasteiger partial charge is 0.481 e. The third-order valence-electron chi connectivity index (χ3n) is 4.60. The van der Waals surface area contributed by atoms with Gasteiger partial charge in [0.1, 0.15) is 5.75 Å². The molecule has 1 N–H and O–H groups in total. The van der Waals surface area contributed by atoms with E-state index in [-0.39, 0.29) is 23.7 Å². The number of carboxylic acids is 1. The van der Waals surface area contributed by atoms with Gasteiger partial charge in [-0.25, -0.2) is 0 Å². The molecule has 0 saturated heterocycles. The van der Waals surface area contributed by atoms with E-state index in [0.717, 1.165) is 19.3 Å². The molecule has 4 nitrogen and oxygen atoms in total. The first kappa shape index (κ1) is 23.0. The van der Waals surface area contributed by atoms with E-state index in [1.54, 1.807) is 0 Å². The van der Waals surface area contributed by atoms with Gasteiger partial charge in [-0.15, -0.1) is 0 Å². The third kappa shape index (κ3) is 9.66. The second-order valence-electron chi connectivity index (χ2n) is 6.96. The first-order valence-electron chi connectivity index (χ1n) is 10.4. The fourth-order valence-corrected chi connectivity index (χ4v) is 5.27. The van der Waals surface area contributed by atoms with Crippen molar-refractivity contribution in [1.29, 1.82) is 0 Å². The fraction of sp³-hybridized carbons (Fsp3) is 0.417. The first-order chi connectivity index (χ1) is 14.2. The Morgan fingerprint density at radius 2 is 1.24 bits per heavy atom. The predicted octanol–water partition coefficient (Wildman–Crippen LogP) is 5.47. The second kappa shape index (κ2) is 13.8. The van der Waals surface area contributed by atoms with Crippen molar-refractivity contribution in [1.82, 2.24) is 0 Å². The van der Waals surface area contributed by atoms with Crippen molar-refractivity contribution in [2.24, 2.45) is 0 Å². The highest BCUT2D eigenvalue weighted by Crippen LogP contribution is 2.24. The fourth-order valence-electron chi connectivity index (χ4n) is 3.06. The van der Waals surface area contributed by atoms with Gasteiger partial charge < -0.3 is 9.84 Å².